The van der Waals surface area contributed by atoms with E-state index in [0.717, 1.165) is 0 Å². The number of amides is 1. The fourth-order valence-electron chi connectivity index (χ4n) is 1.92. The topological polar surface area (TPSA) is 64.6 Å². The van der Waals surface area contributed by atoms with Crippen LogP contribution in [0.15, 0.2) is 66.7 Å². The second kappa shape index (κ2) is 7.97. The Hall–Kier alpha value is -3.08. The van der Waals surface area contributed by atoms with Crippen molar-refractivity contribution in [2.45, 2.75) is 6.92 Å². The second-order valence-electron chi connectivity index (χ2n) is 5.17. The highest BCUT2D eigenvalue weighted by atomic mass is 16.5. The Balaban J connectivity index is 1.95. The molecule has 0 spiro atoms. The molecule has 0 radical (unpaired) electrons. The van der Waals surface area contributed by atoms with Gasteiger partial charge in [0.15, 0.2) is 0 Å². The molecule has 0 bridgehead atoms. The SMILES string of the molecule is C=C(C(=O)Oc1ccc(OC)cc1)C(C)C(=O)Nc1ccccc1. The Morgan fingerprint density at radius 1 is 1.00 bits per heavy atom. The summed E-state index contributed by atoms with van der Waals surface area (Å²) < 4.78 is 10.3. The molecule has 1 amide bonds. The van der Waals surface area contributed by atoms with Gasteiger partial charge in [-0.1, -0.05) is 24.8 Å². The van der Waals surface area contributed by atoms with Gasteiger partial charge in [-0.2, -0.15) is 0 Å². The van der Waals surface area contributed by atoms with Gasteiger partial charge in [-0.3, -0.25) is 4.79 Å². The zero-order valence-corrected chi connectivity index (χ0v) is 13.6. The van der Waals surface area contributed by atoms with E-state index >= 15 is 0 Å². The van der Waals surface area contributed by atoms with Crippen molar-refractivity contribution in [1.82, 2.24) is 0 Å². The van der Waals surface area contributed by atoms with Crippen LogP contribution < -0.4 is 14.8 Å². The van der Waals surface area contributed by atoms with E-state index in [4.69, 9.17) is 9.47 Å². The van der Waals surface area contributed by atoms with Gasteiger partial charge in [0, 0.05) is 11.3 Å². The molecule has 0 aliphatic heterocycles. The van der Waals surface area contributed by atoms with Crippen molar-refractivity contribution in [3.8, 4) is 11.5 Å². The number of methoxy groups -OCH3 is 1. The van der Waals surface area contributed by atoms with Gasteiger partial charge >= 0.3 is 5.97 Å². The van der Waals surface area contributed by atoms with Crippen LogP contribution in [0, 0.1) is 5.92 Å². The monoisotopic (exact) mass is 325 g/mol. The molecule has 5 nitrogen and oxygen atoms in total. The molecule has 0 aromatic heterocycles. The maximum Gasteiger partial charge on any atom is 0.339 e. The minimum Gasteiger partial charge on any atom is -0.497 e. The highest BCUT2D eigenvalue weighted by molar-refractivity contribution is 6.02. The maximum absolute atomic E-state index is 12.2. The van der Waals surface area contributed by atoms with Gasteiger partial charge in [-0.05, 0) is 43.3 Å². The number of anilines is 1. The molecule has 1 unspecified atom stereocenters. The van der Waals surface area contributed by atoms with Gasteiger partial charge < -0.3 is 14.8 Å². The lowest BCUT2D eigenvalue weighted by molar-refractivity contribution is -0.132. The van der Waals surface area contributed by atoms with Gasteiger partial charge in [-0.15, -0.1) is 0 Å². The minimum atomic E-state index is -0.712. The molecule has 2 rings (SSSR count). The summed E-state index contributed by atoms with van der Waals surface area (Å²) in [5, 5.41) is 2.73. The third-order valence-corrected chi connectivity index (χ3v) is 3.49. The number of carbonyl (C=O) groups excluding carboxylic acids is 2. The number of rotatable bonds is 6. The molecule has 1 atom stereocenters. The Labute approximate surface area is 140 Å². The average Bonchev–Trinajstić information content (AvgIpc) is 2.61. The molecule has 0 aliphatic rings. The van der Waals surface area contributed by atoms with E-state index in [-0.39, 0.29) is 11.5 Å². The predicted octanol–water partition coefficient (Wildman–Crippen LogP) is 3.43. The summed E-state index contributed by atoms with van der Waals surface area (Å²) in [6.07, 6.45) is 0. The lowest BCUT2D eigenvalue weighted by atomic mass is 10.0. The standard InChI is InChI=1S/C19H19NO4/c1-13(18(21)20-15-7-5-4-6-8-15)14(2)19(22)24-17-11-9-16(23-3)10-12-17/h4-13H,2H2,1,3H3,(H,20,21). The molecule has 1 N–H and O–H groups in total. The smallest absolute Gasteiger partial charge is 0.339 e. The van der Waals surface area contributed by atoms with Crippen molar-refractivity contribution in [1.29, 1.82) is 0 Å². The predicted molar refractivity (Wildman–Crippen MR) is 92.0 cm³/mol. The Morgan fingerprint density at radius 3 is 2.17 bits per heavy atom. The van der Waals surface area contributed by atoms with E-state index in [9.17, 15) is 9.59 Å². The van der Waals surface area contributed by atoms with Gasteiger partial charge in [0.2, 0.25) is 5.91 Å². The first-order valence-corrected chi connectivity index (χ1v) is 7.42. The van der Waals surface area contributed by atoms with Crippen molar-refractivity contribution in [2.24, 2.45) is 5.92 Å². The third kappa shape index (κ3) is 4.46. The van der Waals surface area contributed by atoms with Crippen molar-refractivity contribution < 1.29 is 19.1 Å². The third-order valence-electron chi connectivity index (χ3n) is 3.49. The molecule has 24 heavy (non-hydrogen) atoms. The zero-order valence-electron chi connectivity index (χ0n) is 13.6. The van der Waals surface area contributed by atoms with Crippen molar-refractivity contribution >= 4 is 17.6 Å². The molecule has 0 saturated heterocycles. The molecule has 5 heteroatoms. The van der Waals surface area contributed by atoms with Gasteiger partial charge in [-0.25, -0.2) is 4.79 Å². The summed E-state index contributed by atoms with van der Waals surface area (Å²) >= 11 is 0. The Morgan fingerprint density at radius 2 is 1.58 bits per heavy atom. The van der Waals surface area contributed by atoms with E-state index in [1.54, 1.807) is 50.4 Å². The molecular weight excluding hydrogens is 306 g/mol. The van der Waals surface area contributed by atoms with Gasteiger partial charge in [0.1, 0.15) is 11.5 Å². The van der Waals surface area contributed by atoms with Gasteiger partial charge in [0.05, 0.1) is 13.0 Å². The van der Waals surface area contributed by atoms with E-state index in [2.05, 4.69) is 11.9 Å². The highest BCUT2D eigenvalue weighted by Gasteiger charge is 2.23. The number of esters is 1. The number of hydrogen-bond donors (Lipinski definition) is 1. The zero-order chi connectivity index (χ0) is 17.5. The quantitative estimate of drug-likeness (QED) is 0.502. The van der Waals surface area contributed by atoms with E-state index in [1.165, 1.54) is 0 Å². The molecule has 0 aliphatic carbocycles. The average molecular weight is 325 g/mol. The number of ether oxygens (including phenoxy) is 2. The largest absolute Gasteiger partial charge is 0.497 e. The first-order valence-electron chi connectivity index (χ1n) is 7.42. The molecule has 2 aromatic carbocycles. The van der Waals surface area contributed by atoms with Crippen LogP contribution in [-0.4, -0.2) is 19.0 Å². The summed E-state index contributed by atoms with van der Waals surface area (Å²) in [6, 6.07) is 15.6. The van der Waals surface area contributed by atoms with Crippen LogP contribution in [0.25, 0.3) is 0 Å². The number of para-hydroxylation sites is 1. The van der Waals surface area contributed by atoms with Gasteiger partial charge in [0.25, 0.3) is 0 Å². The number of carbonyl (C=O) groups is 2. The van der Waals surface area contributed by atoms with Crippen LogP contribution in [-0.2, 0) is 9.59 Å². The van der Waals surface area contributed by atoms with Crippen molar-refractivity contribution in [2.75, 3.05) is 12.4 Å². The summed E-state index contributed by atoms with van der Waals surface area (Å²) in [4.78, 5) is 24.3. The lowest BCUT2D eigenvalue weighted by Gasteiger charge is -2.14. The van der Waals surface area contributed by atoms with Crippen LogP contribution in [0.4, 0.5) is 5.69 Å². The minimum absolute atomic E-state index is 0.0826. The lowest BCUT2D eigenvalue weighted by Crippen LogP contribution is -2.26. The van der Waals surface area contributed by atoms with Crippen molar-refractivity contribution in [3.05, 3.63) is 66.7 Å². The van der Waals surface area contributed by atoms with Crippen LogP contribution in [0.5, 0.6) is 11.5 Å². The van der Waals surface area contributed by atoms with Crippen LogP contribution in [0.2, 0.25) is 0 Å². The first kappa shape index (κ1) is 17.3. The number of nitrogens with one attached hydrogen (secondary N) is 1. The normalized spacial score (nSPS) is 11.2. The maximum atomic E-state index is 12.2. The number of hydrogen-bond acceptors (Lipinski definition) is 4. The fourth-order valence-corrected chi connectivity index (χ4v) is 1.92. The molecule has 2 aromatic rings. The van der Waals surface area contributed by atoms with Crippen LogP contribution in [0.3, 0.4) is 0 Å². The summed E-state index contributed by atoms with van der Waals surface area (Å²) in [7, 11) is 1.55. The summed E-state index contributed by atoms with van der Waals surface area (Å²) in [5.41, 5.74) is 0.741. The molecule has 124 valence electrons. The molecule has 0 heterocycles. The Bertz CT molecular complexity index is 723. The van der Waals surface area contributed by atoms with Crippen molar-refractivity contribution in [3.63, 3.8) is 0 Å². The highest BCUT2D eigenvalue weighted by Crippen LogP contribution is 2.20. The molecular formula is C19H19NO4. The Kier molecular flexibility index (Phi) is 5.73. The van der Waals surface area contributed by atoms with E-state index in [1.807, 2.05) is 18.2 Å². The van der Waals surface area contributed by atoms with Crippen LogP contribution >= 0.6 is 0 Å². The first-order chi connectivity index (χ1) is 11.5. The summed E-state index contributed by atoms with van der Waals surface area (Å²) in [6.45, 7) is 5.29. The second-order valence-corrected chi connectivity index (χ2v) is 5.17. The van der Waals surface area contributed by atoms with Crippen LogP contribution in [0.1, 0.15) is 6.92 Å². The fraction of sp³-hybridized carbons (Fsp3) is 0.158. The molecule has 0 saturated carbocycles. The van der Waals surface area contributed by atoms with E-state index < -0.39 is 11.9 Å². The molecule has 0 fully saturated rings. The number of benzene rings is 2. The van der Waals surface area contributed by atoms with E-state index in [0.29, 0.717) is 17.2 Å². The summed E-state index contributed by atoms with van der Waals surface area (Å²) in [5.74, 6) is -0.661.